The third-order valence-corrected chi connectivity index (χ3v) is 7.13. The molecule has 0 aliphatic carbocycles. The second-order valence-corrected chi connectivity index (χ2v) is 10.5. The molecule has 0 atom stereocenters. The van der Waals surface area contributed by atoms with Crippen LogP contribution in [-0.2, 0) is 4.79 Å². The normalized spacial score (nSPS) is 14.2. The lowest BCUT2D eigenvalue weighted by Gasteiger charge is -2.35. The topological polar surface area (TPSA) is 86.5 Å². The minimum Gasteiger partial charge on any atom is -0.493 e. The highest BCUT2D eigenvalue weighted by atomic mass is 16.3. The molecule has 0 saturated carbocycles. The molecule has 8 nitrogen and oxygen atoms in total. The number of aromatic nitrogens is 3. The first kappa shape index (κ1) is 25.6. The minimum absolute atomic E-state index is 0.0226. The number of nitrogens with zero attached hydrogens (tertiary/aromatic N) is 5. The molecule has 4 aromatic rings. The van der Waals surface area contributed by atoms with E-state index in [1.165, 1.54) is 0 Å². The van der Waals surface area contributed by atoms with E-state index in [0.29, 0.717) is 43.5 Å². The van der Waals surface area contributed by atoms with Crippen molar-refractivity contribution in [2.45, 2.75) is 39.8 Å². The van der Waals surface area contributed by atoms with Gasteiger partial charge in [-0.05, 0) is 25.0 Å². The Bertz CT molecular complexity index is 1350. The zero-order valence-electron chi connectivity index (χ0n) is 22.5. The summed E-state index contributed by atoms with van der Waals surface area (Å²) in [5.41, 5.74) is 2.74. The number of benzene rings is 2. The molecule has 5 rings (SSSR count). The van der Waals surface area contributed by atoms with Gasteiger partial charge < -0.3 is 24.8 Å². The fraction of sp³-hybridized carbons (Fsp3) is 0.367. The van der Waals surface area contributed by atoms with Gasteiger partial charge in [-0.2, -0.15) is 4.98 Å². The van der Waals surface area contributed by atoms with Crippen molar-refractivity contribution in [2.24, 2.45) is 5.92 Å². The van der Waals surface area contributed by atoms with Crippen LogP contribution >= 0.6 is 0 Å². The smallest absolute Gasteiger partial charge is 0.228 e. The number of nitrogens with one attached hydrogen (secondary N) is 1. The molecule has 2 aromatic heterocycles. The Kier molecular flexibility index (Phi) is 7.22. The molecule has 2 N–H and O–H groups in total. The molecule has 198 valence electrons. The Balaban J connectivity index is 1.56. The summed E-state index contributed by atoms with van der Waals surface area (Å²) in [5.74, 6) is 1.49. The lowest BCUT2D eigenvalue weighted by atomic mass is 9.98. The van der Waals surface area contributed by atoms with Crippen molar-refractivity contribution in [3.63, 3.8) is 0 Å². The van der Waals surface area contributed by atoms with Crippen LogP contribution in [0.3, 0.4) is 0 Å². The van der Waals surface area contributed by atoms with Gasteiger partial charge in [0.15, 0.2) is 0 Å². The van der Waals surface area contributed by atoms with Crippen LogP contribution < -0.4 is 10.2 Å². The Hall–Kier alpha value is -4.07. The number of hydrogen-bond donors (Lipinski definition) is 2. The van der Waals surface area contributed by atoms with Gasteiger partial charge in [-0.1, -0.05) is 74.5 Å². The molecule has 1 aliphatic rings. The molecular formula is C30H36N6O2. The molecule has 1 saturated heterocycles. The highest BCUT2D eigenvalue weighted by molar-refractivity contribution is 5.94. The van der Waals surface area contributed by atoms with Crippen molar-refractivity contribution in [1.82, 2.24) is 19.4 Å². The fourth-order valence-corrected chi connectivity index (χ4v) is 5.00. The van der Waals surface area contributed by atoms with E-state index in [0.717, 1.165) is 16.5 Å². The molecule has 0 spiro atoms. The number of fused-ring (bicyclic) bond motifs is 1. The number of rotatable bonds is 7. The van der Waals surface area contributed by atoms with Gasteiger partial charge in [-0.25, -0.2) is 4.98 Å². The highest BCUT2D eigenvalue weighted by Crippen LogP contribution is 2.36. The third kappa shape index (κ3) is 5.03. The van der Waals surface area contributed by atoms with Crippen molar-refractivity contribution < 1.29 is 9.90 Å². The van der Waals surface area contributed by atoms with Gasteiger partial charge in [0, 0.05) is 44.3 Å². The quantitative estimate of drug-likeness (QED) is 0.353. The highest BCUT2D eigenvalue weighted by Gasteiger charge is 2.27. The second-order valence-electron chi connectivity index (χ2n) is 10.5. The molecule has 8 heteroatoms. The first-order valence-corrected chi connectivity index (χ1v) is 13.3. The van der Waals surface area contributed by atoms with Crippen LogP contribution in [-0.4, -0.2) is 56.6 Å². The van der Waals surface area contributed by atoms with Crippen LogP contribution in [0.15, 0.2) is 66.9 Å². The second kappa shape index (κ2) is 10.7. The van der Waals surface area contributed by atoms with Crippen LogP contribution in [0.4, 0.5) is 11.8 Å². The van der Waals surface area contributed by atoms with Crippen molar-refractivity contribution in [2.75, 3.05) is 36.4 Å². The summed E-state index contributed by atoms with van der Waals surface area (Å²) in [7, 11) is 0. The Morgan fingerprint density at radius 1 is 0.868 bits per heavy atom. The number of aromatic hydroxyl groups is 1. The van der Waals surface area contributed by atoms with Gasteiger partial charge in [-0.15, -0.1) is 0 Å². The molecule has 0 bridgehead atoms. The molecule has 1 fully saturated rings. The zero-order chi connectivity index (χ0) is 26.8. The summed E-state index contributed by atoms with van der Waals surface area (Å²) in [5, 5.41) is 15.6. The van der Waals surface area contributed by atoms with E-state index in [1.54, 1.807) is 0 Å². The lowest BCUT2D eigenvalue weighted by Crippen LogP contribution is -2.50. The van der Waals surface area contributed by atoms with Gasteiger partial charge in [0.05, 0.1) is 11.4 Å². The molecule has 38 heavy (non-hydrogen) atoms. The minimum atomic E-state index is -0.145. The van der Waals surface area contributed by atoms with Gasteiger partial charge in [-0.3, -0.25) is 4.79 Å². The van der Waals surface area contributed by atoms with Crippen molar-refractivity contribution in [1.29, 1.82) is 0 Å². The molecule has 0 unspecified atom stereocenters. The van der Waals surface area contributed by atoms with E-state index in [9.17, 15) is 9.90 Å². The largest absolute Gasteiger partial charge is 0.493 e. The van der Waals surface area contributed by atoms with Crippen LogP contribution in [0.5, 0.6) is 5.88 Å². The summed E-state index contributed by atoms with van der Waals surface area (Å²) >= 11 is 0. The van der Waals surface area contributed by atoms with Crippen LogP contribution in [0, 0.1) is 5.92 Å². The van der Waals surface area contributed by atoms with Gasteiger partial charge in [0.1, 0.15) is 11.3 Å². The predicted octanol–water partition coefficient (Wildman–Crippen LogP) is 5.22. The van der Waals surface area contributed by atoms with Gasteiger partial charge in [0.25, 0.3) is 0 Å². The predicted molar refractivity (Wildman–Crippen MR) is 152 cm³/mol. The maximum absolute atomic E-state index is 12.5. The van der Waals surface area contributed by atoms with Crippen molar-refractivity contribution in [3.8, 4) is 5.88 Å². The number of piperazine rings is 1. The number of hydrogen-bond acceptors (Lipinski definition) is 6. The average molecular weight is 513 g/mol. The molecule has 1 aliphatic heterocycles. The maximum Gasteiger partial charge on any atom is 0.228 e. The van der Waals surface area contributed by atoms with E-state index < -0.39 is 0 Å². The van der Waals surface area contributed by atoms with Crippen molar-refractivity contribution >= 4 is 28.6 Å². The standard InChI is InChI=1S/C30H36N6O2/c1-20(2)28(37)34-15-17-35(18-16-34)30-32-26-24(19-36(21(3)4)29(26)38)27(33-30)31-25(22-11-7-5-8-12-22)23-13-9-6-10-14-23/h5-14,19-21,25,38H,15-18H2,1-4H3,(H,31,32,33). The van der Waals surface area contributed by atoms with Crippen LogP contribution in [0.1, 0.15) is 50.9 Å². The summed E-state index contributed by atoms with van der Waals surface area (Å²) in [4.78, 5) is 26.3. The average Bonchev–Trinajstić information content (AvgIpc) is 3.29. The van der Waals surface area contributed by atoms with Crippen LogP contribution in [0.2, 0.25) is 0 Å². The van der Waals surface area contributed by atoms with E-state index >= 15 is 0 Å². The van der Waals surface area contributed by atoms with Gasteiger partial charge >= 0.3 is 0 Å². The molecule has 1 amide bonds. The number of carbonyl (C=O) groups is 1. The fourth-order valence-electron chi connectivity index (χ4n) is 5.00. The first-order chi connectivity index (χ1) is 18.3. The van der Waals surface area contributed by atoms with Crippen molar-refractivity contribution in [3.05, 3.63) is 78.0 Å². The SMILES string of the molecule is CC(C)C(=O)N1CCN(c2nc(NC(c3ccccc3)c3ccccc3)c3cn(C(C)C)c(O)c3n2)CC1. The zero-order valence-corrected chi connectivity index (χ0v) is 22.5. The molecule has 3 heterocycles. The lowest BCUT2D eigenvalue weighted by molar-refractivity contribution is -0.134. The summed E-state index contributed by atoms with van der Waals surface area (Å²) in [6.45, 7) is 10.4. The number of anilines is 2. The summed E-state index contributed by atoms with van der Waals surface area (Å²) in [6.07, 6.45) is 1.92. The monoisotopic (exact) mass is 512 g/mol. The van der Waals surface area contributed by atoms with E-state index in [1.807, 2.05) is 79.8 Å². The van der Waals surface area contributed by atoms with E-state index in [4.69, 9.17) is 9.97 Å². The number of amides is 1. The maximum atomic E-state index is 12.5. The summed E-state index contributed by atoms with van der Waals surface area (Å²) < 4.78 is 1.83. The van der Waals surface area contributed by atoms with E-state index in [-0.39, 0.29) is 29.8 Å². The number of carbonyl (C=O) groups excluding carboxylic acids is 1. The first-order valence-electron chi connectivity index (χ1n) is 13.3. The van der Waals surface area contributed by atoms with Gasteiger partial charge in [0.2, 0.25) is 17.7 Å². The molecule has 0 radical (unpaired) electrons. The Morgan fingerprint density at radius 2 is 1.45 bits per heavy atom. The summed E-state index contributed by atoms with van der Waals surface area (Å²) in [6, 6.07) is 20.5. The molecule has 2 aromatic carbocycles. The molecular weight excluding hydrogens is 476 g/mol. The Morgan fingerprint density at radius 3 is 1.97 bits per heavy atom. The van der Waals surface area contributed by atoms with E-state index in [2.05, 4.69) is 34.5 Å². The Labute approximate surface area is 223 Å². The third-order valence-electron chi connectivity index (χ3n) is 7.13. The van der Waals surface area contributed by atoms with Crippen LogP contribution in [0.25, 0.3) is 10.9 Å².